The second-order valence-electron chi connectivity index (χ2n) is 9.13. The summed E-state index contributed by atoms with van der Waals surface area (Å²) in [6, 6.07) is 0. The first kappa shape index (κ1) is 16.4. The number of aliphatic hydroxyl groups excluding tert-OH is 1. The first-order valence-electron chi connectivity index (χ1n) is 9.26. The molecule has 0 aromatic heterocycles. The summed E-state index contributed by atoms with van der Waals surface area (Å²) in [5, 5.41) is 10.9. The van der Waals surface area contributed by atoms with Gasteiger partial charge in [0.25, 0.3) is 0 Å². The highest BCUT2D eigenvalue weighted by Crippen LogP contribution is 2.69. The Morgan fingerprint density at radius 1 is 1.25 bits per heavy atom. The van der Waals surface area contributed by atoms with E-state index >= 15 is 4.39 Å². The van der Waals surface area contributed by atoms with Gasteiger partial charge in [-0.1, -0.05) is 19.4 Å². The predicted molar refractivity (Wildman–Crippen MR) is 88.0 cm³/mol. The Bertz CT molecular complexity index is 655. The van der Waals surface area contributed by atoms with Gasteiger partial charge in [-0.05, 0) is 56.4 Å². The number of hydrogen-bond acceptors (Lipinski definition) is 3. The van der Waals surface area contributed by atoms with E-state index in [2.05, 4.69) is 6.92 Å². The molecule has 0 heterocycles. The van der Waals surface area contributed by atoms with Crippen molar-refractivity contribution in [2.24, 2.45) is 28.6 Å². The van der Waals surface area contributed by atoms with Crippen LogP contribution in [0.1, 0.15) is 59.3 Å². The Labute approximate surface area is 142 Å². The highest BCUT2D eigenvalue weighted by Gasteiger charge is 2.71. The van der Waals surface area contributed by atoms with Gasteiger partial charge in [0, 0.05) is 23.7 Å². The number of fused-ring (bicyclic) bond motifs is 5. The van der Waals surface area contributed by atoms with E-state index in [0.717, 1.165) is 24.8 Å². The number of hydrogen-bond donors (Lipinski definition) is 1. The van der Waals surface area contributed by atoms with Crippen LogP contribution in [0, 0.1) is 28.6 Å². The lowest BCUT2D eigenvalue weighted by Gasteiger charge is -2.61. The van der Waals surface area contributed by atoms with Gasteiger partial charge in [0.05, 0.1) is 6.10 Å². The minimum atomic E-state index is -1.75. The smallest absolute Gasteiger partial charge is 0.156 e. The summed E-state index contributed by atoms with van der Waals surface area (Å²) >= 11 is 0. The fraction of sp³-hybridized carbons (Fsp3) is 0.800. The van der Waals surface area contributed by atoms with Crippen molar-refractivity contribution in [3.05, 3.63) is 11.6 Å². The number of aliphatic hydroxyl groups is 1. The molecule has 0 bridgehead atoms. The summed E-state index contributed by atoms with van der Waals surface area (Å²) in [4.78, 5) is 24.1. The molecule has 3 saturated carbocycles. The monoisotopic (exact) mass is 334 g/mol. The maximum Gasteiger partial charge on any atom is 0.156 e. The van der Waals surface area contributed by atoms with Crippen LogP contribution >= 0.6 is 0 Å². The van der Waals surface area contributed by atoms with Crippen LogP contribution in [0.5, 0.6) is 0 Å². The highest BCUT2D eigenvalue weighted by molar-refractivity contribution is 5.94. The van der Waals surface area contributed by atoms with E-state index in [1.807, 2.05) is 6.92 Å². The second kappa shape index (κ2) is 4.78. The molecule has 0 aromatic carbocycles. The van der Waals surface area contributed by atoms with Crippen molar-refractivity contribution in [3.63, 3.8) is 0 Å². The summed E-state index contributed by atoms with van der Waals surface area (Å²) < 4.78 is 16.5. The zero-order valence-corrected chi connectivity index (χ0v) is 14.8. The molecule has 3 nitrogen and oxygen atoms in total. The van der Waals surface area contributed by atoms with Crippen molar-refractivity contribution in [1.29, 1.82) is 0 Å². The number of ketones is 2. The number of allylic oxidation sites excluding steroid dienone is 2. The minimum Gasteiger partial charge on any atom is -0.390 e. The van der Waals surface area contributed by atoms with Crippen LogP contribution in [-0.4, -0.2) is 28.4 Å². The summed E-state index contributed by atoms with van der Waals surface area (Å²) in [7, 11) is 0. The normalized spacial score (nSPS) is 53.2. The third-order valence-electron chi connectivity index (χ3n) is 8.19. The molecule has 0 aromatic rings. The Morgan fingerprint density at radius 2 is 1.96 bits per heavy atom. The average Bonchev–Trinajstić information content (AvgIpc) is 2.96. The Kier molecular flexibility index (Phi) is 3.27. The lowest BCUT2D eigenvalue weighted by molar-refractivity contribution is -0.204. The first-order chi connectivity index (χ1) is 11.1. The molecule has 1 N–H and O–H groups in total. The molecule has 0 spiro atoms. The molecule has 4 heteroatoms. The second-order valence-corrected chi connectivity index (χ2v) is 9.13. The van der Waals surface area contributed by atoms with Crippen molar-refractivity contribution in [1.82, 2.24) is 0 Å². The number of rotatable bonds is 1. The molecule has 4 aliphatic carbocycles. The standard InChI is InChI=1S/C20H27FO3/c1-11(22)14-6-7-15-16-5-4-12-8-13(23)9-19(12,3)20(16,21)17(24)10-18(14,15)2/h8,14-17,24H,4-7,9-10H2,1-3H3/t14-,15+,16-,17+,18-,19+,20-/m1/s1. The van der Waals surface area contributed by atoms with Gasteiger partial charge in [-0.15, -0.1) is 0 Å². The van der Waals surface area contributed by atoms with E-state index in [0.29, 0.717) is 12.8 Å². The third-order valence-corrected chi connectivity index (χ3v) is 8.19. The Morgan fingerprint density at radius 3 is 2.62 bits per heavy atom. The van der Waals surface area contributed by atoms with E-state index in [9.17, 15) is 14.7 Å². The molecule has 7 atom stereocenters. The average molecular weight is 334 g/mol. The minimum absolute atomic E-state index is 0.0151. The quantitative estimate of drug-likeness (QED) is 0.800. The van der Waals surface area contributed by atoms with Gasteiger partial charge in [0.2, 0.25) is 0 Å². The number of carbonyl (C=O) groups is 2. The largest absolute Gasteiger partial charge is 0.390 e. The molecule has 0 amide bonds. The van der Waals surface area contributed by atoms with E-state index in [4.69, 9.17) is 0 Å². The highest BCUT2D eigenvalue weighted by atomic mass is 19.1. The van der Waals surface area contributed by atoms with E-state index in [-0.39, 0.29) is 41.2 Å². The van der Waals surface area contributed by atoms with Gasteiger partial charge in [0.1, 0.15) is 11.5 Å². The molecule has 24 heavy (non-hydrogen) atoms. The fourth-order valence-corrected chi connectivity index (χ4v) is 7.09. The summed E-state index contributed by atoms with van der Waals surface area (Å²) in [5.41, 5.74) is -2.05. The van der Waals surface area contributed by atoms with Crippen LogP contribution in [0.2, 0.25) is 0 Å². The molecule has 0 saturated heterocycles. The van der Waals surface area contributed by atoms with Gasteiger partial charge < -0.3 is 5.11 Å². The number of Topliss-reactive ketones (excluding diaryl/α,β-unsaturated/α-hetero) is 1. The van der Waals surface area contributed by atoms with Crippen LogP contribution in [0.3, 0.4) is 0 Å². The van der Waals surface area contributed by atoms with Crippen LogP contribution in [0.15, 0.2) is 11.6 Å². The molecule has 0 unspecified atom stereocenters. The van der Waals surface area contributed by atoms with Gasteiger partial charge in [0.15, 0.2) is 5.78 Å². The molecule has 0 radical (unpaired) electrons. The molecular weight excluding hydrogens is 307 g/mol. The van der Waals surface area contributed by atoms with Crippen LogP contribution in [0.25, 0.3) is 0 Å². The SMILES string of the molecule is CC(=O)[C@H]1CC[C@H]2[C@H]3CCC4=CC(=O)C[C@]4(C)[C@]3(F)[C@@H](O)C[C@]12C. The molecular formula is C20H27FO3. The molecule has 132 valence electrons. The number of alkyl halides is 1. The predicted octanol–water partition coefficient (Wildman–Crippen LogP) is 3.40. The topological polar surface area (TPSA) is 54.4 Å². The zero-order chi connectivity index (χ0) is 17.5. The van der Waals surface area contributed by atoms with Crippen molar-refractivity contribution >= 4 is 11.6 Å². The summed E-state index contributed by atoms with van der Waals surface area (Å²) in [6.45, 7) is 5.53. The fourth-order valence-electron chi connectivity index (χ4n) is 7.09. The lowest BCUT2D eigenvalue weighted by atomic mass is 9.46. The molecule has 4 aliphatic rings. The Balaban J connectivity index is 1.79. The van der Waals surface area contributed by atoms with E-state index < -0.39 is 17.2 Å². The summed E-state index contributed by atoms with van der Waals surface area (Å²) in [5.74, 6) is -0.0647. The molecule has 3 fully saturated rings. The van der Waals surface area contributed by atoms with Gasteiger partial charge >= 0.3 is 0 Å². The van der Waals surface area contributed by atoms with Crippen molar-refractivity contribution in [3.8, 4) is 0 Å². The first-order valence-corrected chi connectivity index (χ1v) is 9.26. The van der Waals surface area contributed by atoms with E-state index in [1.165, 1.54) is 0 Å². The van der Waals surface area contributed by atoms with Crippen molar-refractivity contribution < 1.29 is 19.1 Å². The van der Waals surface area contributed by atoms with Gasteiger partial charge in [-0.2, -0.15) is 0 Å². The van der Waals surface area contributed by atoms with Gasteiger partial charge in [-0.25, -0.2) is 4.39 Å². The van der Waals surface area contributed by atoms with Crippen molar-refractivity contribution in [2.45, 2.75) is 71.1 Å². The number of halogens is 1. The van der Waals surface area contributed by atoms with E-state index in [1.54, 1.807) is 13.0 Å². The maximum atomic E-state index is 16.5. The molecule has 0 aliphatic heterocycles. The Hall–Kier alpha value is -1.03. The number of carbonyl (C=O) groups excluding carboxylic acids is 2. The summed E-state index contributed by atoms with van der Waals surface area (Å²) in [6.07, 6.45) is 4.07. The maximum absolute atomic E-state index is 16.5. The zero-order valence-electron chi connectivity index (χ0n) is 14.8. The lowest BCUT2D eigenvalue weighted by Crippen LogP contribution is -2.66. The molecule has 4 rings (SSSR count). The van der Waals surface area contributed by atoms with Crippen LogP contribution in [-0.2, 0) is 9.59 Å². The van der Waals surface area contributed by atoms with Crippen LogP contribution in [0.4, 0.5) is 4.39 Å². The van der Waals surface area contributed by atoms with Gasteiger partial charge in [-0.3, -0.25) is 9.59 Å². The third kappa shape index (κ3) is 1.71. The van der Waals surface area contributed by atoms with Crippen LogP contribution < -0.4 is 0 Å². The van der Waals surface area contributed by atoms with Crippen molar-refractivity contribution in [2.75, 3.05) is 0 Å².